The number of amides is 3. The van der Waals surface area contributed by atoms with E-state index < -0.39 is 11.1 Å². The Hall–Kier alpha value is -1.99. The Morgan fingerprint density at radius 1 is 1.33 bits per heavy atom. The van der Waals surface area contributed by atoms with Crippen molar-refractivity contribution in [2.75, 3.05) is 26.2 Å². The molecule has 0 aliphatic carbocycles. The molecular formula is C19H17IN2O4S. The second-order valence-electron chi connectivity index (χ2n) is 6.04. The number of carbonyl (C=O) groups is 3. The lowest BCUT2D eigenvalue weighted by Crippen LogP contribution is -2.40. The van der Waals surface area contributed by atoms with Gasteiger partial charge in [0.25, 0.3) is 11.1 Å². The first-order valence-corrected chi connectivity index (χ1v) is 10.3. The monoisotopic (exact) mass is 496 g/mol. The summed E-state index contributed by atoms with van der Waals surface area (Å²) >= 11 is 2.97. The molecule has 0 radical (unpaired) electrons. The molecule has 27 heavy (non-hydrogen) atoms. The fraction of sp³-hybridized carbons (Fsp3) is 0.316. The number of hydrogen-bond donors (Lipinski definition) is 0. The number of rotatable bonds is 5. The standard InChI is InChI=1S/C19H17IN2O4S/c1-2-9-26-15-6-5-13(10-14(15)20)11-16-18(24)22(19(25)27-16)12-17(23)21-7-3-4-8-21/h1,5-6,10-11H,3-4,7-9,12H2/b16-11+. The second-order valence-corrected chi connectivity index (χ2v) is 8.19. The van der Waals surface area contributed by atoms with E-state index in [4.69, 9.17) is 11.2 Å². The Bertz CT molecular complexity index is 856. The molecule has 2 aliphatic heterocycles. The fourth-order valence-electron chi connectivity index (χ4n) is 2.83. The third-order valence-corrected chi connectivity index (χ3v) is 5.94. The molecule has 3 amide bonds. The SMILES string of the molecule is C#CCOc1ccc(/C=C2/SC(=O)N(CC(=O)N3CCCC3)C2=O)cc1I. The Balaban J connectivity index is 1.71. The second kappa shape index (κ2) is 8.80. The molecule has 140 valence electrons. The van der Waals surface area contributed by atoms with E-state index in [1.807, 2.05) is 6.07 Å². The molecule has 1 aromatic rings. The molecule has 8 heteroatoms. The number of ether oxygens (including phenoxy) is 1. The number of thioether (sulfide) groups is 1. The van der Waals surface area contributed by atoms with Gasteiger partial charge in [0.1, 0.15) is 18.9 Å². The van der Waals surface area contributed by atoms with E-state index in [2.05, 4.69) is 28.5 Å². The summed E-state index contributed by atoms with van der Waals surface area (Å²) in [6.45, 7) is 1.37. The van der Waals surface area contributed by atoms with Gasteiger partial charge in [0, 0.05) is 13.1 Å². The summed E-state index contributed by atoms with van der Waals surface area (Å²) in [4.78, 5) is 40.0. The van der Waals surface area contributed by atoms with Gasteiger partial charge in [-0.2, -0.15) is 0 Å². The summed E-state index contributed by atoms with van der Waals surface area (Å²) < 4.78 is 6.26. The quantitative estimate of drug-likeness (QED) is 0.357. The topological polar surface area (TPSA) is 66.9 Å². The third kappa shape index (κ3) is 4.65. The average molecular weight is 496 g/mol. The van der Waals surface area contributed by atoms with E-state index in [0.29, 0.717) is 23.7 Å². The molecule has 0 spiro atoms. The first-order chi connectivity index (χ1) is 13.0. The lowest BCUT2D eigenvalue weighted by molar-refractivity contribution is -0.135. The van der Waals surface area contributed by atoms with Gasteiger partial charge in [-0.15, -0.1) is 6.42 Å². The van der Waals surface area contributed by atoms with E-state index in [-0.39, 0.29) is 19.1 Å². The first-order valence-electron chi connectivity index (χ1n) is 8.38. The highest BCUT2D eigenvalue weighted by Crippen LogP contribution is 2.33. The van der Waals surface area contributed by atoms with Crippen molar-refractivity contribution in [3.8, 4) is 18.1 Å². The number of halogens is 1. The molecule has 2 aliphatic rings. The van der Waals surface area contributed by atoms with Crippen molar-refractivity contribution in [2.45, 2.75) is 12.8 Å². The van der Waals surface area contributed by atoms with Gasteiger partial charge in [0.05, 0.1) is 8.48 Å². The van der Waals surface area contributed by atoms with Gasteiger partial charge in [-0.3, -0.25) is 19.3 Å². The van der Waals surface area contributed by atoms with Gasteiger partial charge in [-0.25, -0.2) is 0 Å². The molecule has 2 saturated heterocycles. The summed E-state index contributed by atoms with van der Waals surface area (Å²) in [5.41, 5.74) is 0.767. The van der Waals surface area contributed by atoms with Crippen molar-refractivity contribution in [1.29, 1.82) is 0 Å². The lowest BCUT2D eigenvalue weighted by atomic mass is 10.2. The van der Waals surface area contributed by atoms with Crippen LogP contribution in [0.3, 0.4) is 0 Å². The van der Waals surface area contributed by atoms with Gasteiger partial charge >= 0.3 is 0 Å². The van der Waals surface area contributed by atoms with Crippen molar-refractivity contribution >= 4 is 57.5 Å². The highest BCUT2D eigenvalue weighted by atomic mass is 127. The lowest BCUT2D eigenvalue weighted by Gasteiger charge is -2.18. The molecule has 0 saturated carbocycles. The van der Waals surface area contributed by atoms with Crippen LogP contribution in [0.4, 0.5) is 4.79 Å². The van der Waals surface area contributed by atoms with Crippen LogP contribution in [-0.4, -0.2) is 53.1 Å². The Morgan fingerprint density at radius 3 is 2.74 bits per heavy atom. The van der Waals surface area contributed by atoms with Crippen LogP contribution in [0.2, 0.25) is 0 Å². The van der Waals surface area contributed by atoms with Crippen LogP contribution in [-0.2, 0) is 9.59 Å². The summed E-state index contributed by atoms with van der Waals surface area (Å²) in [6.07, 6.45) is 8.77. The van der Waals surface area contributed by atoms with E-state index in [9.17, 15) is 14.4 Å². The summed E-state index contributed by atoms with van der Waals surface area (Å²) in [7, 11) is 0. The number of carbonyl (C=O) groups excluding carboxylic acids is 3. The summed E-state index contributed by atoms with van der Waals surface area (Å²) in [6, 6.07) is 5.40. The molecule has 0 aromatic heterocycles. The van der Waals surface area contributed by atoms with Crippen molar-refractivity contribution in [3.05, 3.63) is 32.2 Å². The minimum absolute atomic E-state index is 0.180. The first kappa shape index (κ1) is 19.8. The molecule has 0 N–H and O–H groups in total. The molecule has 2 heterocycles. The van der Waals surface area contributed by atoms with Gasteiger partial charge in [0.15, 0.2) is 0 Å². The summed E-state index contributed by atoms with van der Waals surface area (Å²) in [5.74, 6) is 2.46. The van der Waals surface area contributed by atoms with E-state index in [1.54, 1.807) is 23.1 Å². The average Bonchev–Trinajstić information content (AvgIpc) is 3.26. The van der Waals surface area contributed by atoms with Gasteiger partial charge in [0.2, 0.25) is 5.91 Å². The maximum atomic E-state index is 12.6. The van der Waals surface area contributed by atoms with Crippen molar-refractivity contribution in [3.63, 3.8) is 0 Å². The minimum Gasteiger partial charge on any atom is -0.480 e. The molecular weight excluding hydrogens is 479 g/mol. The fourth-order valence-corrected chi connectivity index (χ4v) is 4.37. The largest absolute Gasteiger partial charge is 0.480 e. The Morgan fingerprint density at radius 2 is 2.07 bits per heavy atom. The van der Waals surface area contributed by atoms with Crippen LogP contribution in [0.25, 0.3) is 6.08 Å². The Labute approximate surface area is 175 Å². The highest BCUT2D eigenvalue weighted by Gasteiger charge is 2.37. The smallest absolute Gasteiger partial charge is 0.294 e. The van der Waals surface area contributed by atoms with Crippen molar-refractivity contribution in [2.24, 2.45) is 0 Å². The van der Waals surface area contributed by atoms with Crippen LogP contribution in [0.1, 0.15) is 18.4 Å². The molecule has 0 bridgehead atoms. The van der Waals surface area contributed by atoms with E-state index in [0.717, 1.165) is 38.6 Å². The van der Waals surface area contributed by atoms with Crippen LogP contribution >= 0.6 is 34.4 Å². The van der Waals surface area contributed by atoms with Crippen LogP contribution < -0.4 is 4.74 Å². The maximum Gasteiger partial charge on any atom is 0.294 e. The van der Waals surface area contributed by atoms with E-state index in [1.165, 1.54) is 0 Å². The highest BCUT2D eigenvalue weighted by molar-refractivity contribution is 14.1. The number of likely N-dealkylation sites (tertiary alicyclic amines) is 1. The number of terminal acetylenes is 1. The van der Waals surface area contributed by atoms with Crippen LogP contribution in [0, 0.1) is 15.9 Å². The molecule has 0 atom stereocenters. The van der Waals surface area contributed by atoms with Crippen molar-refractivity contribution < 1.29 is 19.1 Å². The minimum atomic E-state index is -0.430. The van der Waals surface area contributed by atoms with E-state index >= 15 is 0 Å². The molecule has 3 rings (SSSR count). The zero-order valence-electron chi connectivity index (χ0n) is 14.4. The van der Waals surface area contributed by atoms with Crippen LogP contribution in [0.5, 0.6) is 5.75 Å². The normalized spacial score (nSPS) is 18.3. The number of hydrogen-bond acceptors (Lipinski definition) is 5. The predicted octanol–water partition coefficient (Wildman–Crippen LogP) is 2.96. The Kier molecular flexibility index (Phi) is 6.44. The van der Waals surface area contributed by atoms with Crippen molar-refractivity contribution in [1.82, 2.24) is 9.80 Å². The zero-order chi connectivity index (χ0) is 19.4. The number of imide groups is 1. The van der Waals surface area contributed by atoms with Gasteiger partial charge in [-0.1, -0.05) is 12.0 Å². The number of nitrogens with zero attached hydrogens (tertiary/aromatic N) is 2. The zero-order valence-corrected chi connectivity index (χ0v) is 17.4. The maximum absolute atomic E-state index is 12.6. The third-order valence-electron chi connectivity index (χ3n) is 4.19. The predicted molar refractivity (Wildman–Crippen MR) is 112 cm³/mol. The molecule has 2 fully saturated rings. The summed E-state index contributed by atoms with van der Waals surface area (Å²) in [5, 5.41) is -0.414. The molecule has 1 aromatic carbocycles. The number of benzene rings is 1. The van der Waals surface area contributed by atoms with Gasteiger partial charge in [-0.05, 0) is 71.0 Å². The van der Waals surface area contributed by atoms with Crippen LogP contribution in [0.15, 0.2) is 23.1 Å². The van der Waals surface area contributed by atoms with Gasteiger partial charge < -0.3 is 9.64 Å². The molecule has 0 unspecified atom stereocenters. The molecule has 6 nitrogen and oxygen atoms in total.